The molecule has 1 aromatic carbocycles. The normalized spacial score (nSPS) is 11.7. The molecular weight excluding hydrogens is 411 g/mol. The van der Waals surface area contributed by atoms with Crippen LogP contribution in [0.4, 0.5) is 4.39 Å². The SMILES string of the molecule is Cc1nc(-c2ncccn2)ncc1C(=O)Nn1cc(CCC(C)(C)O)c2cc(F)ccc21. The van der Waals surface area contributed by atoms with Crippen LogP contribution in [0.2, 0.25) is 0 Å². The lowest BCUT2D eigenvalue weighted by atomic mass is 9.99. The Morgan fingerprint density at radius 2 is 1.94 bits per heavy atom. The fourth-order valence-electron chi connectivity index (χ4n) is 3.38. The van der Waals surface area contributed by atoms with E-state index in [1.807, 2.05) is 0 Å². The molecule has 4 rings (SSSR count). The number of carbonyl (C=O) groups excluding carboxylic acids is 1. The summed E-state index contributed by atoms with van der Waals surface area (Å²) in [7, 11) is 0. The molecule has 4 aromatic rings. The van der Waals surface area contributed by atoms with E-state index < -0.39 is 11.5 Å². The molecule has 9 heteroatoms. The lowest BCUT2D eigenvalue weighted by molar-refractivity contribution is 0.0714. The van der Waals surface area contributed by atoms with Gasteiger partial charge in [0.05, 0.1) is 22.4 Å². The first-order valence-electron chi connectivity index (χ1n) is 10.2. The van der Waals surface area contributed by atoms with E-state index in [2.05, 4.69) is 25.4 Å². The molecule has 0 spiro atoms. The maximum absolute atomic E-state index is 13.9. The van der Waals surface area contributed by atoms with Crippen molar-refractivity contribution >= 4 is 16.8 Å². The summed E-state index contributed by atoms with van der Waals surface area (Å²) in [4.78, 5) is 29.8. The maximum atomic E-state index is 13.9. The van der Waals surface area contributed by atoms with E-state index in [0.29, 0.717) is 46.7 Å². The number of hydrogen-bond acceptors (Lipinski definition) is 6. The molecule has 0 fully saturated rings. The highest BCUT2D eigenvalue weighted by Gasteiger charge is 2.18. The number of aryl methyl sites for hydroxylation is 2. The molecule has 0 saturated heterocycles. The summed E-state index contributed by atoms with van der Waals surface area (Å²) < 4.78 is 15.4. The van der Waals surface area contributed by atoms with Gasteiger partial charge in [-0.15, -0.1) is 0 Å². The van der Waals surface area contributed by atoms with Crippen molar-refractivity contribution in [1.29, 1.82) is 0 Å². The lowest BCUT2D eigenvalue weighted by Gasteiger charge is -2.16. The summed E-state index contributed by atoms with van der Waals surface area (Å²) in [6.45, 7) is 5.16. The largest absolute Gasteiger partial charge is 0.390 e. The number of nitrogens with zero attached hydrogens (tertiary/aromatic N) is 5. The van der Waals surface area contributed by atoms with Crippen molar-refractivity contribution in [2.24, 2.45) is 0 Å². The van der Waals surface area contributed by atoms with Crippen LogP contribution >= 0.6 is 0 Å². The summed E-state index contributed by atoms with van der Waals surface area (Å²) in [6, 6.07) is 6.08. The molecule has 2 N–H and O–H groups in total. The summed E-state index contributed by atoms with van der Waals surface area (Å²) in [5, 5.41) is 10.7. The number of hydrogen-bond donors (Lipinski definition) is 2. The van der Waals surface area contributed by atoms with Crippen LogP contribution in [0.3, 0.4) is 0 Å². The van der Waals surface area contributed by atoms with E-state index in [1.165, 1.54) is 18.3 Å². The predicted octanol–water partition coefficient (Wildman–Crippen LogP) is 3.42. The zero-order valence-electron chi connectivity index (χ0n) is 18.0. The van der Waals surface area contributed by atoms with Crippen molar-refractivity contribution in [2.45, 2.75) is 39.2 Å². The number of amides is 1. The van der Waals surface area contributed by atoms with Gasteiger partial charge in [0.15, 0.2) is 11.6 Å². The number of nitrogens with one attached hydrogen (secondary N) is 1. The second-order valence-electron chi connectivity index (χ2n) is 8.20. The third kappa shape index (κ3) is 4.62. The molecule has 3 aromatic heterocycles. The first kappa shape index (κ1) is 21.5. The second kappa shape index (κ2) is 8.43. The van der Waals surface area contributed by atoms with E-state index in [1.54, 1.807) is 56.2 Å². The fourth-order valence-corrected chi connectivity index (χ4v) is 3.38. The van der Waals surface area contributed by atoms with Crippen LogP contribution in [0.15, 0.2) is 49.1 Å². The molecular formula is C23H23FN6O2. The number of carbonyl (C=O) groups is 1. The first-order chi connectivity index (χ1) is 15.2. The molecule has 3 heterocycles. The third-order valence-corrected chi connectivity index (χ3v) is 5.07. The van der Waals surface area contributed by atoms with Crippen molar-refractivity contribution < 1.29 is 14.3 Å². The van der Waals surface area contributed by atoms with Gasteiger partial charge in [-0.25, -0.2) is 24.3 Å². The fraction of sp³-hybridized carbons (Fsp3) is 0.261. The van der Waals surface area contributed by atoms with E-state index >= 15 is 0 Å². The van der Waals surface area contributed by atoms with E-state index in [9.17, 15) is 14.3 Å². The number of rotatable bonds is 6. The van der Waals surface area contributed by atoms with Gasteiger partial charge in [0.25, 0.3) is 5.91 Å². The average Bonchev–Trinajstić information content (AvgIpc) is 3.08. The molecule has 0 aliphatic rings. The van der Waals surface area contributed by atoms with Gasteiger partial charge in [0.1, 0.15) is 5.82 Å². The molecule has 0 aliphatic heterocycles. The Kier molecular flexibility index (Phi) is 5.67. The van der Waals surface area contributed by atoms with Gasteiger partial charge in [0, 0.05) is 30.2 Å². The van der Waals surface area contributed by atoms with E-state index in [4.69, 9.17) is 0 Å². The molecule has 0 radical (unpaired) electrons. The van der Waals surface area contributed by atoms with Crippen molar-refractivity contribution in [3.63, 3.8) is 0 Å². The van der Waals surface area contributed by atoms with E-state index in [0.717, 1.165) is 5.56 Å². The Hall–Kier alpha value is -3.72. The van der Waals surface area contributed by atoms with Crippen molar-refractivity contribution in [3.8, 4) is 11.6 Å². The minimum atomic E-state index is -0.857. The van der Waals surface area contributed by atoms with E-state index in [-0.39, 0.29) is 5.82 Å². The van der Waals surface area contributed by atoms with Gasteiger partial charge >= 0.3 is 0 Å². The van der Waals surface area contributed by atoms with Gasteiger partial charge in [-0.05, 0) is 63.4 Å². The number of aromatic nitrogens is 5. The van der Waals surface area contributed by atoms with Crippen LogP contribution in [0.1, 0.15) is 41.9 Å². The van der Waals surface area contributed by atoms with Crippen LogP contribution in [0.25, 0.3) is 22.6 Å². The lowest BCUT2D eigenvalue weighted by Crippen LogP contribution is -2.23. The molecule has 0 bridgehead atoms. The van der Waals surface area contributed by atoms with Gasteiger partial charge < -0.3 is 5.11 Å². The summed E-state index contributed by atoms with van der Waals surface area (Å²) in [5.41, 5.74) is 4.21. The Morgan fingerprint density at radius 3 is 2.62 bits per heavy atom. The number of benzene rings is 1. The maximum Gasteiger partial charge on any atom is 0.273 e. The molecule has 0 saturated carbocycles. The van der Waals surface area contributed by atoms with Gasteiger partial charge in [-0.2, -0.15) is 0 Å². The molecule has 0 unspecified atom stereocenters. The smallest absolute Gasteiger partial charge is 0.273 e. The van der Waals surface area contributed by atoms with Gasteiger partial charge in [-0.1, -0.05) is 0 Å². The molecule has 164 valence electrons. The van der Waals surface area contributed by atoms with Gasteiger partial charge in [0.2, 0.25) is 0 Å². The third-order valence-electron chi connectivity index (χ3n) is 5.07. The predicted molar refractivity (Wildman–Crippen MR) is 118 cm³/mol. The molecule has 32 heavy (non-hydrogen) atoms. The van der Waals surface area contributed by atoms with Crippen LogP contribution in [0.5, 0.6) is 0 Å². The van der Waals surface area contributed by atoms with Crippen molar-refractivity contribution in [2.75, 3.05) is 5.43 Å². The average molecular weight is 434 g/mol. The Morgan fingerprint density at radius 1 is 1.19 bits per heavy atom. The quantitative estimate of drug-likeness (QED) is 0.482. The minimum absolute atomic E-state index is 0.298. The molecule has 0 atom stereocenters. The number of fused-ring (bicyclic) bond motifs is 1. The molecule has 1 amide bonds. The minimum Gasteiger partial charge on any atom is -0.390 e. The van der Waals surface area contributed by atoms with Crippen LogP contribution in [0, 0.1) is 12.7 Å². The highest BCUT2D eigenvalue weighted by Crippen LogP contribution is 2.25. The van der Waals surface area contributed by atoms with Crippen molar-refractivity contribution in [3.05, 3.63) is 71.7 Å². The summed E-state index contributed by atoms with van der Waals surface area (Å²) in [6.07, 6.45) is 7.39. The van der Waals surface area contributed by atoms with Crippen molar-refractivity contribution in [1.82, 2.24) is 24.6 Å². The van der Waals surface area contributed by atoms with Gasteiger partial charge in [-0.3, -0.25) is 14.9 Å². The van der Waals surface area contributed by atoms with Crippen LogP contribution in [-0.2, 0) is 6.42 Å². The highest BCUT2D eigenvalue weighted by atomic mass is 19.1. The standard InChI is InChI=1S/C23H23FN6O2/c1-14-18(12-27-21(28-14)20-25-9-4-10-26-20)22(31)29-30-13-15(7-8-23(2,3)32)17-11-16(24)5-6-19(17)30/h4-6,9-13,32H,7-8H2,1-3H3,(H,29,31). The monoisotopic (exact) mass is 434 g/mol. The number of aliphatic hydroxyl groups is 1. The Labute approximate surface area is 184 Å². The summed E-state index contributed by atoms with van der Waals surface area (Å²) >= 11 is 0. The first-order valence-corrected chi connectivity index (χ1v) is 10.2. The van der Waals surface area contributed by atoms with Crippen LogP contribution < -0.4 is 5.43 Å². The molecule has 0 aliphatic carbocycles. The Balaban J connectivity index is 1.62. The highest BCUT2D eigenvalue weighted by molar-refractivity contribution is 6.01. The topological polar surface area (TPSA) is 106 Å². The second-order valence-corrected chi connectivity index (χ2v) is 8.20. The summed E-state index contributed by atoms with van der Waals surface area (Å²) in [5.74, 6) is -0.0692. The van der Waals surface area contributed by atoms with Crippen LogP contribution in [-0.4, -0.2) is 41.2 Å². The Bertz CT molecular complexity index is 1280. The molecule has 8 nitrogen and oxygen atoms in total. The zero-order chi connectivity index (χ0) is 22.9. The zero-order valence-corrected chi connectivity index (χ0v) is 18.0. The number of halogens is 1.